The molecule has 2 N–H and O–H groups in total. The van der Waals surface area contributed by atoms with Crippen LogP contribution in [0.3, 0.4) is 0 Å². The number of amides is 4. The van der Waals surface area contributed by atoms with Gasteiger partial charge in [0.15, 0.2) is 0 Å². The van der Waals surface area contributed by atoms with E-state index in [1.807, 2.05) is 6.07 Å². The Hall–Kier alpha value is -2.37. The molecule has 2 rings (SSSR count). The number of benzene rings is 1. The van der Waals surface area contributed by atoms with Crippen molar-refractivity contribution in [3.8, 4) is 0 Å². The van der Waals surface area contributed by atoms with Crippen molar-refractivity contribution in [2.24, 2.45) is 5.92 Å². The predicted molar refractivity (Wildman–Crippen MR) is 72.2 cm³/mol. The fourth-order valence-electron chi connectivity index (χ4n) is 1.95. The first-order chi connectivity index (χ1) is 9.36. The Labute approximate surface area is 117 Å². The van der Waals surface area contributed by atoms with Gasteiger partial charge in [-0.25, -0.2) is 4.79 Å². The molecule has 6 nitrogen and oxygen atoms in total. The van der Waals surface area contributed by atoms with Crippen molar-refractivity contribution in [1.82, 2.24) is 15.8 Å². The molecule has 1 aliphatic heterocycles. The van der Waals surface area contributed by atoms with E-state index >= 15 is 0 Å². The van der Waals surface area contributed by atoms with Gasteiger partial charge in [-0.3, -0.25) is 15.0 Å². The summed E-state index contributed by atoms with van der Waals surface area (Å²) in [5.41, 5.74) is 1.84. The number of nitrogens with zero attached hydrogens (tertiary/aromatic N) is 1. The Morgan fingerprint density at radius 2 is 1.85 bits per heavy atom. The van der Waals surface area contributed by atoms with Crippen molar-refractivity contribution < 1.29 is 14.4 Å². The van der Waals surface area contributed by atoms with E-state index in [0.29, 0.717) is 5.56 Å². The molecule has 1 atom stereocenters. The van der Waals surface area contributed by atoms with Crippen LogP contribution in [0, 0.1) is 5.92 Å². The third kappa shape index (κ3) is 2.24. The molecule has 1 heterocycles. The first kappa shape index (κ1) is 14.0. The minimum atomic E-state index is -1.16. The summed E-state index contributed by atoms with van der Waals surface area (Å²) in [6.45, 7) is 4.98. The summed E-state index contributed by atoms with van der Waals surface area (Å²) < 4.78 is 0. The smallest absolute Gasteiger partial charge is 0.318 e. The van der Waals surface area contributed by atoms with E-state index < -0.39 is 17.5 Å². The molecule has 0 aliphatic carbocycles. The summed E-state index contributed by atoms with van der Waals surface area (Å²) in [6.07, 6.45) is 0. The van der Waals surface area contributed by atoms with Gasteiger partial charge in [0.1, 0.15) is 5.54 Å². The minimum Gasteiger partial charge on any atom is -0.318 e. The van der Waals surface area contributed by atoms with Gasteiger partial charge >= 0.3 is 6.03 Å². The Kier molecular flexibility index (Phi) is 3.48. The highest BCUT2D eigenvalue weighted by Crippen LogP contribution is 2.27. The SMILES string of the molecule is CC(C)C(=O)NN1C(=O)NC(C)(c2ccccc2)C1=O. The molecule has 6 heteroatoms. The van der Waals surface area contributed by atoms with Crippen LogP contribution < -0.4 is 10.7 Å². The maximum Gasteiger partial charge on any atom is 0.344 e. The number of carbonyl (C=O) groups is 3. The second kappa shape index (κ2) is 4.96. The molecule has 0 saturated carbocycles. The van der Waals surface area contributed by atoms with E-state index in [1.165, 1.54) is 0 Å². The van der Waals surface area contributed by atoms with Gasteiger partial charge in [0.25, 0.3) is 5.91 Å². The van der Waals surface area contributed by atoms with Crippen LogP contribution in [0.1, 0.15) is 26.3 Å². The zero-order valence-electron chi connectivity index (χ0n) is 11.6. The molecule has 1 saturated heterocycles. The Balaban J connectivity index is 2.27. The summed E-state index contributed by atoms with van der Waals surface area (Å²) in [5, 5.41) is 3.36. The summed E-state index contributed by atoms with van der Waals surface area (Å²) in [6, 6.07) is 8.28. The third-order valence-electron chi connectivity index (χ3n) is 3.29. The van der Waals surface area contributed by atoms with Crippen molar-refractivity contribution in [2.45, 2.75) is 26.3 Å². The number of rotatable bonds is 3. The van der Waals surface area contributed by atoms with Gasteiger partial charge in [-0.1, -0.05) is 44.2 Å². The molecule has 0 spiro atoms. The molecular weight excluding hydrogens is 258 g/mol. The molecule has 0 bridgehead atoms. The molecule has 0 radical (unpaired) electrons. The number of hydrogen-bond donors (Lipinski definition) is 2. The number of hydrazine groups is 1. The van der Waals surface area contributed by atoms with Crippen molar-refractivity contribution in [1.29, 1.82) is 0 Å². The van der Waals surface area contributed by atoms with Crippen LogP contribution in [0.2, 0.25) is 0 Å². The standard InChI is InChI=1S/C14H17N3O3/c1-9(2)11(18)16-17-12(19)14(3,15-13(17)20)10-7-5-4-6-8-10/h4-9H,1-3H3,(H,15,20)(H,16,18). The minimum absolute atomic E-state index is 0.320. The first-order valence-electron chi connectivity index (χ1n) is 6.39. The largest absolute Gasteiger partial charge is 0.344 e. The monoisotopic (exact) mass is 275 g/mol. The molecule has 1 fully saturated rings. The number of nitrogens with one attached hydrogen (secondary N) is 2. The van der Waals surface area contributed by atoms with Crippen LogP contribution in [0.5, 0.6) is 0 Å². The number of carbonyl (C=O) groups excluding carboxylic acids is 3. The number of hydrogen-bond acceptors (Lipinski definition) is 3. The summed E-state index contributed by atoms with van der Waals surface area (Å²) in [7, 11) is 0. The Bertz CT molecular complexity index is 556. The van der Waals surface area contributed by atoms with Gasteiger partial charge < -0.3 is 5.32 Å². The van der Waals surface area contributed by atoms with E-state index in [-0.39, 0.29) is 11.8 Å². The summed E-state index contributed by atoms with van der Waals surface area (Å²) >= 11 is 0. The molecule has 4 amide bonds. The predicted octanol–water partition coefficient (Wildman–Crippen LogP) is 1.14. The molecule has 106 valence electrons. The van der Waals surface area contributed by atoms with E-state index in [1.54, 1.807) is 45.0 Å². The van der Waals surface area contributed by atoms with Gasteiger partial charge in [0.2, 0.25) is 5.91 Å². The van der Waals surface area contributed by atoms with Crippen LogP contribution in [0.15, 0.2) is 30.3 Å². The fourth-order valence-corrected chi connectivity index (χ4v) is 1.95. The molecular formula is C14H17N3O3. The van der Waals surface area contributed by atoms with Crippen molar-refractivity contribution >= 4 is 17.8 Å². The van der Waals surface area contributed by atoms with Gasteiger partial charge in [-0.2, -0.15) is 5.01 Å². The lowest BCUT2D eigenvalue weighted by Crippen LogP contribution is -2.49. The van der Waals surface area contributed by atoms with E-state index in [0.717, 1.165) is 5.01 Å². The summed E-state index contributed by atoms with van der Waals surface area (Å²) in [5.74, 6) is -1.20. The normalized spacial score (nSPS) is 22.1. The zero-order valence-corrected chi connectivity index (χ0v) is 11.6. The second-order valence-electron chi connectivity index (χ2n) is 5.19. The van der Waals surface area contributed by atoms with Gasteiger partial charge in [-0.05, 0) is 12.5 Å². The first-order valence-corrected chi connectivity index (χ1v) is 6.39. The van der Waals surface area contributed by atoms with Crippen LogP contribution in [0.4, 0.5) is 4.79 Å². The molecule has 1 aromatic rings. The lowest BCUT2D eigenvalue weighted by molar-refractivity contribution is -0.140. The number of imide groups is 1. The molecule has 1 unspecified atom stereocenters. The lowest BCUT2D eigenvalue weighted by atomic mass is 9.92. The molecule has 1 aromatic carbocycles. The van der Waals surface area contributed by atoms with Crippen molar-refractivity contribution in [3.63, 3.8) is 0 Å². The van der Waals surface area contributed by atoms with Crippen LogP contribution in [0.25, 0.3) is 0 Å². The summed E-state index contributed by atoms with van der Waals surface area (Å²) in [4.78, 5) is 36.0. The maximum absolute atomic E-state index is 12.4. The zero-order chi connectivity index (χ0) is 14.9. The van der Waals surface area contributed by atoms with E-state index in [4.69, 9.17) is 0 Å². The van der Waals surface area contributed by atoms with Crippen LogP contribution in [-0.2, 0) is 15.1 Å². The topological polar surface area (TPSA) is 78.5 Å². The van der Waals surface area contributed by atoms with Crippen LogP contribution >= 0.6 is 0 Å². The number of urea groups is 1. The quantitative estimate of drug-likeness (QED) is 0.812. The average molecular weight is 275 g/mol. The second-order valence-corrected chi connectivity index (χ2v) is 5.19. The average Bonchev–Trinajstić information content (AvgIpc) is 2.64. The van der Waals surface area contributed by atoms with Crippen molar-refractivity contribution in [2.75, 3.05) is 0 Å². The lowest BCUT2D eigenvalue weighted by Gasteiger charge is -2.22. The van der Waals surface area contributed by atoms with Gasteiger partial charge in [0.05, 0.1) is 0 Å². The van der Waals surface area contributed by atoms with Crippen molar-refractivity contribution in [3.05, 3.63) is 35.9 Å². The molecule has 20 heavy (non-hydrogen) atoms. The Morgan fingerprint density at radius 1 is 1.25 bits per heavy atom. The highest BCUT2D eigenvalue weighted by molar-refractivity contribution is 6.08. The Morgan fingerprint density at radius 3 is 2.40 bits per heavy atom. The van der Waals surface area contributed by atoms with Crippen LogP contribution in [-0.4, -0.2) is 22.9 Å². The van der Waals surface area contributed by atoms with Gasteiger partial charge in [0, 0.05) is 5.92 Å². The fraction of sp³-hybridized carbons (Fsp3) is 0.357. The van der Waals surface area contributed by atoms with E-state index in [2.05, 4.69) is 10.7 Å². The maximum atomic E-state index is 12.4. The highest BCUT2D eigenvalue weighted by atomic mass is 16.2. The molecule has 1 aliphatic rings. The van der Waals surface area contributed by atoms with E-state index in [9.17, 15) is 14.4 Å². The van der Waals surface area contributed by atoms with Gasteiger partial charge in [-0.15, -0.1) is 0 Å². The molecule has 0 aromatic heterocycles. The third-order valence-corrected chi connectivity index (χ3v) is 3.29. The highest BCUT2D eigenvalue weighted by Gasteiger charge is 2.49.